The smallest absolute Gasteiger partial charge is 0.293 e. The molecule has 0 aliphatic rings. The average Bonchev–Trinajstić information content (AvgIpc) is 2.67. The van der Waals surface area contributed by atoms with Crippen LogP contribution in [0.3, 0.4) is 0 Å². The van der Waals surface area contributed by atoms with E-state index in [1.165, 1.54) is 0 Å². The molecule has 17 heavy (non-hydrogen) atoms. The van der Waals surface area contributed by atoms with Gasteiger partial charge in [-0.15, -0.1) is 0 Å². The Hall–Kier alpha value is -2.59. The molecule has 82 valence electrons. The lowest BCUT2D eigenvalue weighted by atomic mass is 10.2. The van der Waals surface area contributed by atoms with E-state index >= 15 is 0 Å². The van der Waals surface area contributed by atoms with Crippen molar-refractivity contribution < 1.29 is 0 Å². The Balaban J connectivity index is 2.44. The minimum Gasteiger partial charge on any atom is -0.373 e. The molecule has 0 aliphatic heterocycles. The zero-order valence-electron chi connectivity index (χ0n) is 9.38. The second-order valence-electron chi connectivity index (χ2n) is 3.60. The molecule has 0 fully saturated rings. The number of rotatable bonds is 2. The third-order valence-electron chi connectivity index (χ3n) is 2.51. The van der Waals surface area contributed by atoms with E-state index < -0.39 is 0 Å². The normalized spacial score (nSPS) is 9.59. The van der Waals surface area contributed by atoms with E-state index in [-0.39, 0.29) is 5.82 Å². The van der Waals surface area contributed by atoms with Gasteiger partial charge < -0.3 is 9.69 Å². The van der Waals surface area contributed by atoms with Crippen molar-refractivity contribution in [3.05, 3.63) is 64.6 Å². The summed E-state index contributed by atoms with van der Waals surface area (Å²) >= 11 is 0. The molecule has 0 atom stereocenters. The third kappa shape index (κ3) is 2.02. The topological polar surface area (TPSA) is 26.5 Å². The molecule has 1 aromatic carbocycles. The van der Waals surface area contributed by atoms with E-state index in [9.17, 15) is 0 Å². The fourth-order valence-electron chi connectivity index (χ4n) is 1.68. The van der Waals surface area contributed by atoms with Gasteiger partial charge in [-0.3, -0.25) is 4.57 Å². The van der Waals surface area contributed by atoms with Gasteiger partial charge in [0.1, 0.15) is 6.54 Å². The van der Waals surface area contributed by atoms with E-state index in [1.807, 2.05) is 37.3 Å². The first-order chi connectivity index (χ1) is 8.26. The Morgan fingerprint density at radius 2 is 1.88 bits per heavy atom. The summed E-state index contributed by atoms with van der Waals surface area (Å²) in [6.45, 7) is 16.5. The van der Waals surface area contributed by atoms with Crippen molar-refractivity contribution in [2.75, 3.05) is 0 Å². The number of hydrogen-bond acceptors (Lipinski definition) is 1. The standard InChI is InChI=1S/C13H10N4/c1-10-16-12(14-2)13(15-3)17(10)9-11-7-5-4-6-8-11/h4-8H,9H2,1H3. The highest BCUT2D eigenvalue weighted by molar-refractivity contribution is 5.63. The highest BCUT2D eigenvalue weighted by atomic mass is 15.2. The summed E-state index contributed by atoms with van der Waals surface area (Å²) in [5.41, 5.74) is 1.09. The van der Waals surface area contributed by atoms with E-state index in [0.29, 0.717) is 18.2 Å². The largest absolute Gasteiger partial charge is 0.373 e. The Labute approximate surface area is 99.8 Å². The van der Waals surface area contributed by atoms with Gasteiger partial charge in [-0.05, 0) is 5.56 Å². The van der Waals surface area contributed by atoms with Crippen LogP contribution in [-0.2, 0) is 6.54 Å². The molecule has 0 radical (unpaired) electrons. The minimum absolute atomic E-state index is 0.188. The van der Waals surface area contributed by atoms with Crippen LogP contribution in [0.25, 0.3) is 9.69 Å². The first kappa shape index (κ1) is 10.9. The Morgan fingerprint density at radius 3 is 2.47 bits per heavy atom. The van der Waals surface area contributed by atoms with Gasteiger partial charge in [0.25, 0.3) is 17.5 Å². The zero-order valence-corrected chi connectivity index (χ0v) is 9.38. The first-order valence-electron chi connectivity index (χ1n) is 5.12. The van der Waals surface area contributed by atoms with Gasteiger partial charge in [0.2, 0.25) is 0 Å². The van der Waals surface area contributed by atoms with Crippen LogP contribution in [0.1, 0.15) is 11.4 Å². The van der Waals surface area contributed by atoms with Crippen LogP contribution in [0.15, 0.2) is 30.3 Å². The molecular weight excluding hydrogens is 212 g/mol. The number of imidazole rings is 1. The second-order valence-corrected chi connectivity index (χ2v) is 3.60. The van der Waals surface area contributed by atoms with Crippen LogP contribution in [0, 0.1) is 20.1 Å². The van der Waals surface area contributed by atoms with Gasteiger partial charge in [-0.2, -0.15) is 0 Å². The molecule has 0 bridgehead atoms. The summed E-state index contributed by atoms with van der Waals surface area (Å²) in [6.07, 6.45) is 0. The van der Waals surface area contributed by atoms with Gasteiger partial charge >= 0.3 is 0 Å². The maximum absolute atomic E-state index is 7.13. The lowest BCUT2D eigenvalue weighted by molar-refractivity contribution is 0.774. The molecule has 0 saturated heterocycles. The highest BCUT2D eigenvalue weighted by Gasteiger charge is 2.18. The first-order valence-corrected chi connectivity index (χ1v) is 5.12. The van der Waals surface area contributed by atoms with Gasteiger partial charge in [0, 0.05) is 6.92 Å². The van der Waals surface area contributed by atoms with Crippen LogP contribution in [0.2, 0.25) is 0 Å². The van der Waals surface area contributed by atoms with Gasteiger partial charge in [0.05, 0.1) is 0 Å². The van der Waals surface area contributed by atoms with Crippen LogP contribution in [0.4, 0.5) is 11.6 Å². The van der Waals surface area contributed by atoms with E-state index in [1.54, 1.807) is 4.57 Å². The second kappa shape index (κ2) is 4.51. The summed E-state index contributed by atoms with van der Waals surface area (Å²) in [7, 11) is 0. The van der Waals surface area contributed by atoms with Crippen LogP contribution in [0.5, 0.6) is 0 Å². The molecule has 2 aromatic rings. The summed E-state index contributed by atoms with van der Waals surface area (Å²) in [5.74, 6) is 1.21. The average molecular weight is 222 g/mol. The van der Waals surface area contributed by atoms with Crippen LogP contribution in [-0.4, -0.2) is 9.55 Å². The molecule has 1 aromatic heterocycles. The monoisotopic (exact) mass is 222 g/mol. The molecular formula is C13H10N4. The number of benzene rings is 1. The Kier molecular flexibility index (Phi) is 2.89. The van der Waals surface area contributed by atoms with Crippen LogP contribution >= 0.6 is 0 Å². The molecule has 0 spiro atoms. The predicted octanol–water partition coefficient (Wildman–Crippen LogP) is 3.34. The summed E-state index contributed by atoms with van der Waals surface area (Å²) < 4.78 is 1.77. The molecule has 1 heterocycles. The molecule has 0 amide bonds. The van der Waals surface area contributed by atoms with Gasteiger partial charge in [-0.25, -0.2) is 0 Å². The van der Waals surface area contributed by atoms with Crippen molar-refractivity contribution in [2.24, 2.45) is 0 Å². The van der Waals surface area contributed by atoms with Crippen molar-refractivity contribution in [3.8, 4) is 0 Å². The SMILES string of the molecule is [C-]#[N+]c1nc(C)n(Cc2ccccc2)c1[N+]#[C-]. The van der Waals surface area contributed by atoms with Gasteiger partial charge in [0.15, 0.2) is 0 Å². The minimum atomic E-state index is 0.188. The molecule has 0 unspecified atom stereocenters. The van der Waals surface area contributed by atoms with Crippen molar-refractivity contribution >= 4 is 11.6 Å². The third-order valence-corrected chi connectivity index (χ3v) is 2.51. The fourth-order valence-corrected chi connectivity index (χ4v) is 1.68. The maximum atomic E-state index is 7.13. The fraction of sp³-hybridized carbons (Fsp3) is 0.154. The molecule has 2 rings (SSSR count). The Bertz CT molecular complexity index is 611. The molecule has 0 aliphatic carbocycles. The van der Waals surface area contributed by atoms with E-state index in [4.69, 9.17) is 13.1 Å². The number of aryl methyl sites for hydroxylation is 1. The van der Waals surface area contributed by atoms with E-state index in [0.717, 1.165) is 5.56 Å². The number of hydrogen-bond donors (Lipinski definition) is 0. The number of nitrogens with zero attached hydrogens (tertiary/aromatic N) is 4. The molecule has 0 saturated carbocycles. The Morgan fingerprint density at radius 1 is 1.18 bits per heavy atom. The van der Waals surface area contributed by atoms with Crippen molar-refractivity contribution in [1.82, 2.24) is 9.55 Å². The highest BCUT2D eigenvalue weighted by Crippen LogP contribution is 2.29. The van der Waals surface area contributed by atoms with E-state index in [2.05, 4.69) is 14.7 Å². The summed E-state index contributed by atoms with van der Waals surface area (Å²) in [4.78, 5) is 10.8. The number of aromatic nitrogens is 2. The van der Waals surface area contributed by atoms with Crippen LogP contribution < -0.4 is 0 Å². The molecule has 0 N–H and O–H groups in total. The predicted molar refractivity (Wildman–Crippen MR) is 65.0 cm³/mol. The quantitative estimate of drug-likeness (QED) is 0.716. The maximum Gasteiger partial charge on any atom is 0.293 e. The van der Waals surface area contributed by atoms with Crippen molar-refractivity contribution in [3.63, 3.8) is 0 Å². The summed E-state index contributed by atoms with van der Waals surface area (Å²) in [5, 5.41) is 0. The zero-order chi connectivity index (χ0) is 12.3. The molecule has 4 nitrogen and oxygen atoms in total. The van der Waals surface area contributed by atoms with Gasteiger partial charge in [-0.1, -0.05) is 48.5 Å². The van der Waals surface area contributed by atoms with Crippen molar-refractivity contribution in [1.29, 1.82) is 0 Å². The summed E-state index contributed by atoms with van der Waals surface area (Å²) in [6, 6.07) is 9.84. The lowest BCUT2D eigenvalue weighted by Gasteiger charge is -2.02. The lowest BCUT2D eigenvalue weighted by Crippen LogP contribution is -2.00. The molecule has 4 heteroatoms. The van der Waals surface area contributed by atoms with Crippen molar-refractivity contribution in [2.45, 2.75) is 13.5 Å².